The Hall–Kier alpha value is -2.77. The fraction of sp³-hybridized carbons (Fsp3) is 0.591. The highest BCUT2D eigenvalue weighted by Gasteiger charge is 2.35. The van der Waals surface area contributed by atoms with Gasteiger partial charge in [0.1, 0.15) is 5.60 Å². The lowest BCUT2D eigenvalue weighted by molar-refractivity contribution is 0.0187. The molecule has 2 heterocycles. The Kier molecular flexibility index (Phi) is 5.97. The van der Waals surface area contributed by atoms with Gasteiger partial charge in [-0.1, -0.05) is 0 Å². The Morgan fingerprint density at radius 3 is 2.37 bits per heavy atom. The Balaban J connectivity index is 1.85. The molecule has 1 N–H and O–H groups in total. The van der Waals surface area contributed by atoms with E-state index < -0.39 is 11.6 Å². The molecule has 0 atom stereocenters. The van der Waals surface area contributed by atoms with Gasteiger partial charge in [0.2, 0.25) is 5.78 Å². The Bertz CT molecular complexity index is 883. The first-order valence-corrected chi connectivity index (χ1v) is 10.3. The molecule has 1 fully saturated rings. The smallest absolute Gasteiger partial charge is 0.410 e. The van der Waals surface area contributed by atoms with Crippen LogP contribution in [0.25, 0.3) is 0 Å². The first-order chi connectivity index (χ1) is 14.0. The molecule has 8 nitrogen and oxygen atoms in total. The summed E-state index contributed by atoms with van der Waals surface area (Å²) in [4.78, 5) is 40.8. The van der Waals surface area contributed by atoms with E-state index in [1.165, 1.54) is 0 Å². The highest BCUT2D eigenvalue weighted by Crippen LogP contribution is 2.35. The second-order valence-electron chi connectivity index (χ2n) is 9.23. The largest absolute Gasteiger partial charge is 0.478 e. The van der Waals surface area contributed by atoms with E-state index in [1.54, 1.807) is 11.1 Å². The molecule has 0 aromatic carbocycles. The highest BCUT2D eigenvalue weighted by atomic mass is 16.6. The van der Waals surface area contributed by atoms with Crippen molar-refractivity contribution in [2.75, 3.05) is 27.2 Å². The van der Waals surface area contributed by atoms with Crippen molar-refractivity contribution in [3.63, 3.8) is 0 Å². The number of hydrogen-bond acceptors (Lipinski definition) is 5. The second kappa shape index (κ2) is 8.16. The number of aromatic carboxylic acids is 1. The van der Waals surface area contributed by atoms with Gasteiger partial charge in [0, 0.05) is 51.2 Å². The van der Waals surface area contributed by atoms with Crippen LogP contribution in [-0.4, -0.2) is 70.1 Å². The number of fused-ring (bicyclic) bond motifs is 1. The number of piperidine rings is 1. The predicted molar refractivity (Wildman–Crippen MR) is 112 cm³/mol. The first-order valence-electron chi connectivity index (χ1n) is 10.3. The molecule has 1 aliphatic heterocycles. The summed E-state index contributed by atoms with van der Waals surface area (Å²) in [5, 5.41) is 9.66. The predicted octanol–water partition coefficient (Wildman–Crippen LogP) is 3.33. The lowest BCUT2D eigenvalue weighted by atomic mass is 9.89. The minimum absolute atomic E-state index is 0.0341. The van der Waals surface area contributed by atoms with Gasteiger partial charge >= 0.3 is 12.1 Å². The van der Waals surface area contributed by atoms with Crippen LogP contribution in [0.5, 0.6) is 0 Å². The molecule has 1 saturated heterocycles. The van der Waals surface area contributed by atoms with E-state index in [-0.39, 0.29) is 23.5 Å². The molecule has 3 rings (SSSR count). The van der Waals surface area contributed by atoms with Crippen LogP contribution in [0.3, 0.4) is 0 Å². The minimum Gasteiger partial charge on any atom is -0.478 e. The molecule has 1 aromatic rings. The number of ketones is 1. The number of amides is 1. The SMILES string of the molecule is CN(C)C=C1CCc2c(C(=O)O)cn(C3CCN(C(=O)OC(C)(C)C)CC3)c2C1=O. The van der Waals surface area contributed by atoms with Gasteiger partial charge in [0.25, 0.3) is 0 Å². The van der Waals surface area contributed by atoms with E-state index in [1.807, 2.05) is 50.5 Å². The zero-order chi connectivity index (χ0) is 22.2. The first kappa shape index (κ1) is 21.9. The van der Waals surface area contributed by atoms with E-state index in [9.17, 15) is 19.5 Å². The number of likely N-dealkylation sites (tertiary alicyclic amines) is 1. The zero-order valence-corrected chi connectivity index (χ0v) is 18.4. The van der Waals surface area contributed by atoms with Crippen LogP contribution in [0.2, 0.25) is 0 Å². The van der Waals surface area contributed by atoms with Crippen LogP contribution in [0.4, 0.5) is 4.79 Å². The van der Waals surface area contributed by atoms with Gasteiger partial charge in [-0.05, 0) is 52.0 Å². The van der Waals surface area contributed by atoms with Crippen molar-refractivity contribution >= 4 is 17.8 Å². The van der Waals surface area contributed by atoms with Crippen LogP contribution in [-0.2, 0) is 11.2 Å². The van der Waals surface area contributed by atoms with Crippen molar-refractivity contribution in [2.45, 2.75) is 58.1 Å². The summed E-state index contributed by atoms with van der Waals surface area (Å²) in [5.41, 5.74) is 1.46. The number of rotatable bonds is 3. The average molecular weight is 418 g/mol. The number of carboxylic acids is 1. The van der Waals surface area contributed by atoms with Gasteiger partial charge < -0.3 is 24.2 Å². The van der Waals surface area contributed by atoms with Gasteiger partial charge in [-0.25, -0.2) is 9.59 Å². The molecule has 30 heavy (non-hydrogen) atoms. The fourth-order valence-electron chi connectivity index (χ4n) is 4.16. The Morgan fingerprint density at radius 2 is 1.83 bits per heavy atom. The number of ether oxygens (including phenoxy) is 1. The summed E-state index contributed by atoms with van der Waals surface area (Å²) < 4.78 is 7.29. The number of carbonyl (C=O) groups excluding carboxylic acids is 2. The van der Waals surface area contributed by atoms with E-state index in [0.29, 0.717) is 55.6 Å². The average Bonchev–Trinajstić information content (AvgIpc) is 3.03. The van der Waals surface area contributed by atoms with E-state index in [0.717, 1.165) is 0 Å². The van der Waals surface area contributed by atoms with Crippen molar-refractivity contribution < 1.29 is 24.2 Å². The van der Waals surface area contributed by atoms with E-state index in [4.69, 9.17) is 4.74 Å². The van der Waals surface area contributed by atoms with Crippen LogP contribution < -0.4 is 0 Å². The highest BCUT2D eigenvalue weighted by molar-refractivity contribution is 6.11. The monoisotopic (exact) mass is 417 g/mol. The van der Waals surface area contributed by atoms with Gasteiger partial charge in [0.05, 0.1) is 11.3 Å². The lowest BCUT2D eigenvalue weighted by Gasteiger charge is -2.35. The fourth-order valence-corrected chi connectivity index (χ4v) is 4.16. The Morgan fingerprint density at radius 1 is 1.20 bits per heavy atom. The van der Waals surface area contributed by atoms with Gasteiger partial charge in [0.15, 0.2) is 0 Å². The maximum absolute atomic E-state index is 13.2. The van der Waals surface area contributed by atoms with Crippen LogP contribution in [0, 0.1) is 0 Å². The molecule has 2 aliphatic rings. The standard InChI is InChI=1S/C22H31N3O5/c1-22(2,3)30-21(29)24-10-8-15(9-11-24)25-13-17(20(27)28)16-7-6-14(12-23(4)5)19(26)18(16)25/h12-13,15H,6-11H2,1-5H3,(H,27,28). The molecule has 0 unspecified atom stereocenters. The van der Waals surface area contributed by atoms with Crippen LogP contribution in [0.1, 0.15) is 72.5 Å². The lowest BCUT2D eigenvalue weighted by Crippen LogP contribution is -2.42. The number of carboxylic acid groups (broad SMARTS) is 1. The molecule has 0 spiro atoms. The van der Waals surface area contributed by atoms with Gasteiger partial charge in [-0.2, -0.15) is 0 Å². The van der Waals surface area contributed by atoms with Crippen molar-refractivity contribution in [1.29, 1.82) is 0 Å². The third-order valence-corrected chi connectivity index (χ3v) is 5.44. The Labute approximate surface area is 177 Å². The van der Waals surface area contributed by atoms with Crippen molar-refractivity contribution in [3.05, 3.63) is 34.8 Å². The summed E-state index contributed by atoms with van der Waals surface area (Å²) in [7, 11) is 3.73. The third kappa shape index (κ3) is 4.52. The summed E-state index contributed by atoms with van der Waals surface area (Å²) in [6.07, 6.45) is 5.43. The molecule has 1 aromatic heterocycles. The molecule has 0 bridgehead atoms. The zero-order valence-electron chi connectivity index (χ0n) is 18.4. The van der Waals surface area contributed by atoms with Gasteiger partial charge in [-0.3, -0.25) is 4.79 Å². The summed E-state index contributed by atoms with van der Waals surface area (Å²) in [6.45, 7) is 6.51. The minimum atomic E-state index is -1.01. The molecule has 1 aliphatic carbocycles. The normalized spacial score (nSPS) is 19.0. The summed E-state index contributed by atoms with van der Waals surface area (Å²) >= 11 is 0. The number of nitrogens with zero attached hydrogens (tertiary/aromatic N) is 3. The van der Waals surface area contributed by atoms with Crippen molar-refractivity contribution in [1.82, 2.24) is 14.4 Å². The maximum atomic E-state index is 13.2. The number of carbonyl (C=O) groups is 3. The quantitative estimate of drug-likeness (QED) is 0.759. The van der Waals surface area contributed by atoms with E-state index >= 15 is 0 Å². The molecular formula is C22H31N3O5. The molecule has 0 saturated carbocycles. The summed E-state index contributed by atoms with van der Waals surface area (Å²) in [6, 6.07) is -0.0341. The third-order valence-electron chi connectivity index (χ3n) is 5.44. The number of allylic oxidation sites excluding steroid dienone is 1. The van der Waals surface area contributed by atoms with Crippen LogP contribution in [0.15, 0.2) is 18.0 Å². The molecule has 0 radical (unpaired) electrons. The molecular weight excluding hydrogens is 386 g/mol. The van der Waals surface area contributed by atoms with Crippen molar-refractivity contribution in [2.24, 2.45) is 0 Å². The summed E-state index contributed by atoms with van der Waals surface area (Å²) in [5.74, 6) is -1.11. The molecule has 164 valence electrons. The van der Waals surface area contributed by atoms with Crippen LogP contribution >= 0.6 is 0 Å². The topological polar surface area (TPSA) is 92.1 Å². The van der Waals surface area contributed by atoms with Crippen molar-refractivity contribution in [3.8, 4) is 0 Å². The molecule has 1 amide bonds. The second-order valence-corrected chi connectivity index (χ2v) is 9.23. The number of Topliss-reactive ketones (excluding diaryl/α,β-unsaturated/α-hetero) is 1. The van der Waals surface area contributed by atoms with E-state index in [2.05, 4.69) is 0 Å². The van der Waals surface area contributed by atoms with Gasteiger partial charge in [-0.15, -0.1) is 0 Å². The number of hydrogen-bond donors (Lipinski definition) is 1. The molecule has 8 heteroatoms. The number of aromatic nitrogens is 1. The maximum Gasteiger partial charge on any atom is 0.410 e.